The number of carbonyl (C=O) groups is 1. The molecule has 0 aliphatic heterocycles. The molecule has 5 heteroatoms. The van der Waals surface area contributed by atoms with Crippen LogP contribution in [0.1, 0.15) is 6.92 Å². The summed E-state index contributed by atoms with van der Waals surface area (Å²) in [5.41, 5.74) is 0. The first-order chi connectivity index (χ1) is 6.11. The van der Waals surface area contributed by atoms with Gasteiger partial charge in [-0.05, 0) is 13.6 Å². The molecular formula is C8H15O4P. The fraction of sp³-hybridized carbons (Fsp3) is 0.625. The van der Waals surface area contributed by atoms with E-state index in [0.717, 1.165) is 6.08 Å². The monoisotopic (exact) mass is 206 g/mol. The summed E-state index contributed by atoms with van der Waals surface area (Å²) in [7, 11) is -0.934. The molecule has 0 aromatic rings. The Morgan fingerprint density at radius 1 is 1.77 bits per heavy atom. The summed E-state index contributed by atoms with van der Waals surface area (Å²) in [5.74, 6) is -1.25. The second-order valence-corrected chi connectivity index (χ2v) is 4.23. The number of hydrogen-bond acceptors (Lipinski definition) is 4. The summed E-state index contributed by atoms with van der Waals surface area (Å²) >= 11 is 0. The number of rotatable bonds is 6. The molecule has 13 heavy (non-hydrogen) atoms. The molecule has 0 fully saturated rings. The number of aliphatic hydroxyl groups is 1. The van der Waals surface area contributed by atoms with Gasteiger partial charge in [0, 0.05) is 12.7 Å². The summed E-state index contributed by atoms with van der Waals surface area (Å²) in [6.45, 7) is 7.38. The van der Waals surface area contributed by atoms with Gasteiger partial charge in [0.1, 0.15) is 12.5 Å². The van der Waals surface area contributed by atoms with Crippen molar-refractivity contribution < 1.29 is 19.2 Å². The number of esters is 1. The number of hydrogen-bond donors (Lipinski definition) is 1. The smallest absolute Gasteiger partial charge is 0.330 e. The highest BCUT2D eigenvalue weighted by Gasteiger charge is 2.15. The molecule has 0 rings (SSSR count). The molecule has 0 bridgehead atoms. The average Bonchev–Trinajstić information content (AvgIpc) is 2.13. The Labute approximate surface area is 79.4 Å². The highest BCUT2D eigenvalue weighted by molar-refractivity contribution is 7.52. The van der Waals surface area contributed by atoms with Crippen molar-refractivity contribution >= 4 is 14.1 Å². The highest BCUT2D eigenvalue weighted by atomic mass is 31.1. The Balaban J connectivity index is 3.66. The van der Waals surface area contributed by atoms with Crippen LogP contribution in [0.3, 0.4) is 0 Å². The Bertz CT molecular complexity index is 172. The second kappa shape index (κ2) is 7.01. The van der Waals surface area contributed by atoms with E-state index in [1.165, 1.54) is 0 Å². The maximum atomic E-state index is 10.6. The van der Waals surface area contributed by atoms with Gasteiger partial charge in [0.25, 0.3) is 0 Å². The molecule has 1 N–H and O–H groups in total. The average molecular weight is 206 g/mol. The normalized spacial score (nSPS) is 14.7. The lowest BCUT2D eigenvalue weighted by atomic mass is 10.6. The summed E-state index contributed by atoms with van der Waals surface area (Å²) in [5, 5.41) is 9.39. The van der Waals surface area contributed by atoms with E-state index in [0.29, 0.717) is 6.61 Å². The molecule has 0 radical (unpaired) electrons. The Morgan fingerprint density at radius 3 is 2.85 bits per heavy atom. The first-order valence-corrected chi connectivity index (χ1v) is 5.72. The molecule has 0 saturated carbocycles. The van der Waals surface area contributed by atoms with Crippen LogP contribution in [-0.2, 0) is 14.1 Å². The van der Waals surface area contributed by atoms with E-state index < -0.39 is 20.0 Å². The zero-order valence-electron chi connectivity index (χ0n) is 7.90. The van der Waals surface area contributed by atoms with Gasteiger partial charge >= 0.3 is 5.97 Å². The number of carbonyl (C=O) groups excluding carboxylic acids is 1. The van der Waals surface area contributed by atoms with Gasteiger partial charge in [-0.1, -0.05) is 6.58 Å². The van der Waals surface area contributed by atoms with E-state index in [9.17, 15) is 9.90 Å². The van der Waals surface area contributed by atoms with E-state index in [-0.39, 0.29) is 6.61 Å². The standard InChI is InChI=1S/C8H15O4P/c1-4-7(9)11-6-8(10)13(3)12-5-2/h4,8,10H,1,5-6H2,2-3H3. The summed E-state index contributed by atoms with van der Waals surface area (Å²) < 4.78 is 9.82. The molecular weight excluding hydrogens is 191 g/mol. The van der Waals surface area contributed by atoms with Crippen LogP contribution in [0.2, 0.25) is 0 Å². The first-order valence-electron chi connectivity index (χ1n) is 3.94. The minimum absolute atomic E-state index is 0.0347. The SMILES string of the molecule is C=CC(=O)OCC(O)P(C)OCC. The molecule has 2 atom stereocenters. The molecule has 0 aliphatic carbocycles. The van der Waals surface area contributed by atoms with Gasteiger partial charge in [0.15, 0.2) is 0 Å². The second-order valence-electron chi connectivity index (χ2n) is 2.28. The van der Waals surface area contributed by atoms with Gasteiger partial charge in [-0.25, -0.2) is 4.79 Å². The topological polar surface area (TPSA) is 55.8 Å². The molecule has 0 heterocycles. The molecule has 2 unspecified atom stereocenters. The van der Waals surface area contributed by atoms with Crippen molar-refractivity contribution in [3.63, 3.8) is 0 Å². The predicted molar refractivity (Wildman–Crippen MR) is 51.6 cm³/mol. The zero-order valence-corrected chi connectivity index (χ0v) is 8.79. The molecule has 4 nitrogen and oxygen atoms in total. The molecule has 76 valence electrons. The van der Waals surface area contributed by atoms with Crippen LogP contribution in [0.4, 0.5) is 0 Å². The largest absolute Gasteiger partial charge is 0.459 e. The van der Waals surface area contributed by atoms with Crippen molar-refractivity contribution in [1.29, 1.82) is 0 Å². The van der Waals surface area contributed by atoms with E-state index in [1.807, 2.05) is 6.92 Å². The highest BCUT2D eigenvalue weighted by Crippen LogP contribution is 2.36. The van der Waals surface area contributed by atoms with Crippen LogP contribution in [0.25, 0.3) is 0 Å². The number of aliphatic hydroxyl groups excluding tert-OH is 1. The lowest BCUT2D eigenvalue weighted by Crippen LogP contribution is -2.16. The maximum absolute atomic E-state index is 10.6. The van der Waals surface area contributed by atoms with Gasteiger partial charge in [-0.3, -0.25) is 0 Å². The zero-order chi connectivity index (χ0) is 10.3. The lowest BCUT2D eigenvalue weighted by molar-refractivity contribution is -0.139. The maximum Gasteiger partial charge on any atom is 0.330 e. The van der Waals surface area contributed by atoms with Crippen molar-refractivity contribution in [1.82, 2.24) is 0 Å². The van der Waals surface area contributed by atoms with Crippen molar-refractivity contribution in [3.05, 3.63) is 12.7 Å². The molecule has 0 aromatic carbocycles. The van der Waals surface area contributed by atoms with E-state index in [1.54, 1.807) is 6.66 Å². The third-order valence-corrected chi connectivity index (χ3v) is 2.95. The van der Waals surface area contributed by atoms with Crippen molar-refractivity contribution in [2.75, 3.05) is 19.9 Å². The minimum atomic E-state index is -0.934. The first kappa shape index (κ1) is 12.6. The number of ether oxygens (including phenoxy) is 1. The van der Waals surface area contributed by atoms with Crippen molar-refractivity contribution in [3.8, 4) is 0 Å². The fourth-order valence-electron chi connectivity index (χ4n) is 0.610. The summed E-state index contributed by atoms with van der Waals surface area (Å²) in [6, 6.07) is 0. The predicted octanol–water partition coefficient (Wildman–Crippen LogP) is 1.10. The molecule has 0 aliphatic rings. The third kappa shape index (κ3) is 5.75. The van der Waals surface area contributed by atoms with Gasteiger partial charge in [0.05, 0.1) is 8.15 Å². The molecule has 0 amide bonds. The quantitative estimate of drug-likeness (QED) is 0.401. The summed E-state index contributed by atoms with van der Waals surface area (Å²) in [6.07, 6.45) is 1.06. The van der Waals surface area contributed by atoms with Crippen molar-refractivity contribution in [2.45, 2.75) is 12.8 Å². The van der Waals surface area contributed by atoms with Crippen LogP contribution in [0.5, 0.6) is 0 Å². The molecule has 0 spiro atoms. The van der Waals surface area contributed by atoms with Crippen LogP contribution < -0.4 is 0 Å². The van der Waals surface area contributed by atoms with Gasteiger partial charge in [0.2, 0.25) is 0 Å². The van der Waals surface area contributed by atoms with Gasteiger partial charge in [-0.15, -0.1) is 0 Å². The van der Waals surface area contributed by atoms with Gasteiger partial charge < -0.3 is 14.4 Å². The van der Waals surface area contributed by atoms with Crippen LogP contribution in [-0.4, -0.2) is 36.8 Å². The van der Waals surface area contributed by atoms with E-state index in [2.05, 4.69) is 11.3 Å². The van der Waals surface area contributed by atoms with Crippen LogP contribution in [0.15, 0.2) is 12.7 Å². The third-order valence-electron chi connectivity index (χ3n) is 1.29. The minimum Gasteiger partial charge on any atom is -0.459 e. The van der Waals surface area contributed by atoms with Gasteiger partial charge in [-0.2, -0.15) is 0 Å². The van der Waals surface area contributed by atoms with Crippen LogP contribution >= 0.6 is 8.15 Å². The Hall–Kier alpha value is -0.440. The van der Waals surface area contributed by atoms with E-state index >= 15 is 0 Å². The molecule has 0 aromatic heterocycles. The van der Waals surface area contributed by atoms with Crippen molar-refractivity contribution in [2.24, 2.45) is 0 Å². The fourth-order valence-corrected chi connectivity index (χ4v) is 1.47. The van der Waals surface area contributed by atoms with E-state index in [4.69, 9.17) is 4.52 Å². The Morgan fingerprint density at radius 2 is 2.38 bits per heavy atom. The van der Waals surface area contributed by atoms with Crippen LogP contribution in [0, 0.1) is 0 Å². The molecule has 0 saturated heterocycles. The Kier molecular flexibility index (Phi) is 6.77. The summed E-state index contributed by atoms with van der Waals surface area (Å²) in [4.78, 5) is 10.6. The lowest BCUT2D eigenvalue weighted by Gasteiger charge is -2.17.